The zero-order chi connectivity index (χ0) is 16.1. The van der Waals surface area contributed by atoms with Gasteiger partial charge in [-0.3, -0.25) is 4.79 Å². The molecule has 23 heavy (non-hydrogen) atoms. The maximum Gasteiger partial charge on any atom is 0.236 e. The number of hydrogen-bond donors (Lipinski definition) is 1. The molecule has 0 aromatic carbocycles. The quantitative estimate of drug-likeness (QED) is 0.664. The SMILES string of the molecule is Cc1cc(NC(=O)CSc2cc(N3CCCCC3)ncn2)no1. The van der Waals surface area contributed by atoms with Crippen LogP contribution in [0.1, 0.15) is 25.0 Å². The highest BCUT2D eigenvalue weighted by Gasteiger charge is 2.13. The van der Waals surface area contributed by atoms with Crippen molar-refractivity contribution in [2.45, 2.75) is 31.2 Å². The lowest BCUT2D eigenvalue weighted by Crippen LogP contribution is -2.30. The van der Waals surface area contributed by atoms with E-state index in [1.807, 2.05) is 6.07 Å². The number of nitrogens with one attached hydrogen (secondary N) is 1. The molecular formula is C15H19N5O2S. The van der Waals surface area contributed by atoms with Crippen molar-refractivity contribution >= 4 is 29.3 Å². The minimum atomic E-state index is -0.138. The number of thioether (sulfide) groups is 1. The van der Waals surface area contributed by atoms with Gasteiger partial charge in [0.05, 0.1) is 5.75 Å². The molecular weight excluding hydrogens is 314 g/mol. The lowest BCUT2D eigenvalue weighted by molar-refractivity contribution is -0.113. The number of aryl methyl sites for hydroxylation is 1. The van der Waals surface area contributed by atoms with Crippen LogP contribution in [0.3, 0.4) is 0 Å². The normalized spacial score (nSPS) is 14.7. The minimum absolute atomic E-state index is 0.138. The highest BCUT2D eigenvalue weighted by molar-refractivity contribution is 7.99. The molecule has 1 amide bonds. The van der Waals surface area contributed by atoms with Crippen LogP contribution in [0.4, 0.5) is 11.6 Å². The molecule has 2 aromatic rings. The molecule has 8 heteroatoms. The number of aromatic nitrogens is 3. The molecule has 0 aliphatic carbocycles. The first-order chi connectivity index (χ1) is 11.2. The molecule has 3 rings (SSSR count). The number of piperidine rings is 1. The summed E-state index contributed by atoms with van der Waals surface area (Å²) in [5, 5.41) is 7.23. The average Bonchev–Trinajstić information content (AvgIpc) is 2.99. The second kappa shape index (κ2) is 7.45. The van der Waals surface area contributed by atoms with E-state index < -0.39 is 0 Å². The Bertz CT molecular complexity index is 669. The summed E-state index contributed by atoms with van der Waals surface area (Å²) in [5.74, 6) is 2.17. The molecule has 0 saturated carbocycles. The highest BCUT2D eigenvalue weighted by atomic mass is 32.2. The molecule has 1 fully saturated rings. The van der Waals surface area contributed by atoms with Crippen molar-refractivity contribution in [3.63, 3.8) is 0 Å². The molecule has 7 nitrogen and oxygen atoms in total. The van der Waals surface area contributed by atoms with Crippen LogP contribution in [0, 0.1) is 6.92 Å². The topological polar surface area (TPSA) is 84.2 Å². The fourth-order valence-corrected chi connectivity index (χ4v) is 3.11. The maximum atomic E-state index is 11.9. The van der Waals surface area contributed by atoms with E-state index in [1.165, 1.54) is 31.0 Å². The largest absolute Gasteiger partial charge is 0.360 e. The van der Waals surface area contributed by atoms with Gasteiger partial charge in [-0.1, -0.05) is 16.9 Å². The summed E-state index contributed by atoms with van der Waals surface area (Å²) in [5.41, 5.74) is 0. The minimum Gasteiger partial charge on any atom is -0.360 e. The van der Waals surface area contributed by atoms with Crippen LogP contribution in [-0.4, -0.2) is 39.9 Å². The zero-order valence-electron chi connectivity index (χ0n) is 13.0. The molecule has 0 unspecified atom stereocenters. The lowest BCUT2D eigenvalue weighted by Gasteiger charge is -2.27. The smallest absolute Gasteiger partial charge is 0.236 e. The Morgan fingerprint density at radius 2 is 2.13 bits per heavy atom. The van der Waals surface area contributed by atoms with Crippen LogP contribution in [0.2, 0.25) is 0 Å². The monoisotopic (exact) mass is 333 g/mol. The van der Waals surface area contributed by atoms with Crippen molar-refractivity contribution in [2.24, 2.45) is 0 Å². The van der Waals surface area contributed by atoms with E-state index in [4.69, 9.17) is 4.52 Å². The third kappa shape index (κ3) is 4.44. The first-order valence-electron chi connectivity index (χ1n) is 7.64. The van der Waals surface area contributed by atoms with Crippen LogP contribution in [0.5, 0.6) is 0 Å². The number of carbonyl (C=O) groups is 1. The Balaban J connectivity index is 1.54. The van der Waals surface area contributed by atoms with Gasteiger partial charge in [-0.15, -0.1) is 0 Å². The summed E-state index contributed by atoms with van der Waals surface area (Å²) < 4.78 is 4.91. The predicted molar refractivity (Wildman–Crippen MR) is 88.7 cm³/mol. The molecule has 2 aromatic heterocycles. The van der Waals surface area contributed by atoms with Crippen LogP contribution in [0.25, 0.3) is 0 Å². The Hall–Kier alpha value is -2.09. The van der Waals surface area contributed by atoms with Crippen molar-refractivity contribution in [3.8, 4) is 0 Å². The van der Waals surface area contributed by atoms with E-state index in [0.717, 1.165) is 23.9 Å². The Labute approximate surface area is 138 Å². The number of carbonyl (C=O) groups excluding carboxylic acids is 1. The van der Waals surface area contributed by atoms with Crippen LogP contribution in [0.15, 0.2) is 28.0 Å². The number of hydrogen-bond acceptors (Lipinski definition) is 7. The van der Waals surface area contributed by atoms with Crippen molar-refractivity contribution < 1.29 is 9.32 Å². The fraction of sp³-hybridized carbons (Fsp3) is 0.467. The van der Waals surface area contributed by atoms with Gasteiger partial charge in [0.1, 0.15) is 22.9 Å². The second-order valence-corrected chi connectivity index (χ2v) is 6.42. The maximum absolute atomic E-state index is 11.9. The van der Waals surface area contributed by atoms with Crippen LogP contribution in [-0.2, 0) is 4.79 Å². The van der Waals surface area contributed by atoms with Gasteiger partial charge in [-0.25, -0.2) is 9.97 Å². The van der Waals surface area contributed by atoms with Gasteiger partial charge in [0.2, 0.25) is 5.91 Å². The molecule has 0 spiro atoms. The Kier molecular flexibility index (Phi) is 5.12. The summed E-state index contributed by atoms with van der Waals surface area (Å²) in [6.45, 7) is 3.85. The van der Waals surface area contributed by atoms with E-state index in [9.17, 15) is 4.79 Å². The Morgan fingerprint density at radius 3 is 2.87 bits per heavy atom. The summed E-state index contributed by atoms with van der Waals surface area (Å²) >= 11 is 1.38. The van der Waals surface area contributed by atoms with Gasteiger partial charge < -0.3 is 14.7 Å². The van der Waals surface area contributed by atoms with E-state index in [0.29, 0.717) is 11.6 Å². The summed E-state index contributed by atoms with van der Waals surface area (Å²) in [6.07, 6.45) is 5.24. The van der Waals surface area contributed by atoms with Gasteiger partial charge in [0.25, 0.3) is 0 Å². The molecule has 0 bridgehead atoms. The molecule has 1 N–H and O–H groups in total. The van der Waals surface area contributed by atoms with E-state index >= 15 is 0 Å². The second-order valence-electron chi connectivity index (χ2n) is 5.42. The standard InChI is InChI=1S/C15H19N5O2S/c1-11-7-12(19-22-11)18-14(21)9-23-15-8-13(16-10-17-15)20-5-3-2-4-6-20/h7-8,10H,2-6,9H2,1H3,(H,18,19,21). The van der Waals surface area contributed by atoms with Crippen LogP contribution < -0.4 is 10.2 Å². The van der Waals surface area contributed by atoms with Gasteiger partial charge in [-0.2, -0.15) is 0 Å². The summed E-state index contributed by atoms with van der Waals surface area (Å²) in [7, 11) is 0. The number of nitrogens with zero attached hydrogens (tertiary/aromatic N) is 4. The van der Waals surface area contributed by atoms with Gasteiger partial charge in [0, 0.05) is 25.2 Å². The summed E-state index contributed by atoms with van der Waals surface area (Å²) in [4.78, 5) is 22.8. The molecule has 0 atom stereocenters. The van der Waals surface area contributed by atoms with Gasteiger partial charge in [0.15, 0.2) is 5.82 Å². The fourth-order valence-electron chi connectivity index (χ4n) is 2.45. The van der Waals surface area contributed by atoms with E-state index in [2.05, 4.69) is 25.3 Å². The number of amides is 1. The predicted octanol–water partition coefficient (Wildman–Crippen LogP) is 2.49. The molecule has 3 heterocycles. The van der Waals surface area contributed by atoms with Crippen molar-refractivity contribution in [1.29, 1.82) is 0 Å². The zero-order valence-corrected chi connectivity index (χ0v) is 13.8. The first kappa shape index (κ1) is 15.8. The lowest BCUT2D eigenvalue weighted by atomic mass is 10.1. The molecule has 1 saturated heterocycles. The van der Waals surface area contributed by atoms with Crippen molar-refractivity contribution in [3.05, 3.63) is 24.2 Å². The molecule has 1 aliphatic heterocycles. The van der Waals surface area contributed by atoms with Crippen molar-refractivity contribution in [1.82, 2.24) is 15.1 Å². The average molecular weight is 333 g/mol. The number of rotatable bonds is 5. The Morgan fingerprint density at radius 1 is 1.30 bits per heavy atom. The first-order valence-corrected chi connectivity index (χ1v) is 8.62. The third-order valence-electron chi connectivity index (χ3n) is 3.55. The van der Waals surface area contributed by atoms with Gasteiger partial charge in [-0.05, 0) is 26.2 Å². The van der Waals surface area contributed by atoms with E-state index in [1.54, 1.807) is 19.3 Å². The molecule has 122 valence electrons. The number of anilines is 2. The molecule has 0 radical (unpaired) electrons. The highest BCUT2D eigenvalue weighted by Crippen LogP contribution is 2.22. The van der Waals surface area contributed by atoms with Crippen molar-refractivity contribution in [2.75, 3.05) is 29.1 Å². The van der Waals surface area contributed by atoms with Crippen LogP contribution >= 0.6 is 11.8 Å². The van der Waals surface area contributed by atoms with Gasteiger partial charge >= 0.3 is 0 Å². The summed E-state index contributed by atoms with van der Waals surface area (Å²) in [6, 6.07) is 3.63. The molecule has 1 aliphatic rings. The van der Waals surface area contributed by atoms with E-state index in [-0.39, 0.29) is 11.7 Å². The third-order valence-corrected chi connectivity index (χ3v) is 4.48.